The molecule has 6 rings (SSSR count). The average molecular weight is 572 g/mol. The number of aryl methyl sites for hydroxylation is 2. The first kappa shape index (κ1) is 29.7. The lowest BCUT2D eigenvalue weighted by Gasteiger charge is -2.42. The topological polar surface area (TPSA) is 58.6 Å². The minimum Gasteiger partial charge on any atom is -0.487 e. The van der Waals surface area contributed by atoms with Crippen LogP contribution in [0.5, 0.6) is 5.75 Å². The molecule has 0 radical (unpaired) electrons. The van der Waals surface area contributed by atoms with Gasteiger partial charge in [0.15, 0.2) is 0 Å². The summed E-state index contributed by atoms with van der Waals surface area (Å²) in [6, 6.07) is 12.8. The van der Waals surface area contributed by atoms with Crippen molar-refractivity contribution in [2.24, 2.45) is 11.8 Å². The number of nitrogens with one attached hydrogen (secondary N) is 1. The Morgan fingerprint density at radius 2 is 1.36 bits per heavy atom. The Labute approximate surface area is 254 Å². The van der Waals surface area contributed by atoms with Gasteiger partial charge in [-0.1, -0.05) is 114 Å². The van der Waals surface area contributed by atoms with E-state index in [2.05, 4.69) is 43.4 Å². The van der Waals surface area contributed by atoms with E-state index in [-0.39, 0.29) is 17.6 Å². The Bertz CT molecular complexity index is 1200. The molecule has 1 saturated heterocycles. The summed E-state index contributed by atoms with van der Waals surface area (Å²) in [6.07, 6.45) is 22.5. The quantitative estimate of drug-likeness (QED) is 0.384. The summed E-state index contributed by atoms with van der Waals surface area (Å²) < 4.78 is 7.34. The van der Waals surface area contributed by atoms with Crippen LogP contribution in [-0.2, 0) is 5.41 Å². The number of benzene rings is 2. The van der Waals surface area contributed by atoms with Crippen LogP contribution in [0.3, 0.4) is 0 Å². The van der Waals surface area contributed by atoms with E-state index in [9.17, 15) is 9.90 Å². The van der Waals surface area contributed by atoms with E-state index in [1.165, 1.54) is 131 Å². The summed E-state index contributed by atoms with van der Waals surface area (Å²) in [6.45, 7) is 4.57. The van der Waals surface area contributed by atoms with Gasteiger partial charge < -0.3 is 15.2 Å². The number of rotatable bonds is 4. The van der Waals surface area contributed by atoms with Gasteiger partial charge in [0.2, 0.25) is 0 Å². The molecule has 228 valence electrons. The van der Waals surface area contributed by atoms with Gasteiger partial charge in [0.25, 0.3) is 0 Å². The summed E-state index contributed by atoms with van der Waals surface area (Å²) in [5.74, 6) is 1.62. The van der Waals surface area contributed by atoms with Crippen LogP contribution in [0, 0.1) is 25.7 Å². The van der Waals surface area contributed by atoms with Crippen LogP contribution in [0.25, 0.3) is 0 Å². The van der Waals surface area contributed by atoms with Gasteiger partial charge in [0.05, 0.1) is 5.56 Å². The number of aromatic carboxylic acids is 1. The van der Waals surface area contributed by atoms with E-state index in [1.54, 1.807) is 12.1 Å². The highest BCUT2D eigenvalue weighted by atomic mass is 16.5. The lowest BCUT2D eigenvalue weighted by atomic mass is 9.64. The molecule has 4 unspecified atom stereocenters. The van der Waals surface area contributed by atoms with Crippen molar-refractivity contribution in [1.82, 2.24) is 5.32 Å². The van der Waals surface area contributed by atoms with E-state index in [4.69, 9.17) is 4.74 Å². The molecule has 2 aromatic rings. The fourth-order valence-corrected chi connectivity index (χ4v) is 9.43. The predicted molar refractivity (Wildman–Crippen MR) is 171 cm³/mol. The zero-order chi connectivity index (χ0) is 29.1. The second-order valence-corrected chi connectivity index (χ2v) is 14.2. The van der Waals surface area contributed by atoms with Gasteiger partial charge in [-0.2, -0.15) is 0 Å². The molecule has 0 bridgehead atoms. The van der Waals surface area contributed by atoms with Crippen molar-refractivity contribution in [2.75, 3.05) is 0 Å². The van der Waals surface area contributed by atoms with Gasteiger partial charge in [0.1, 0.15) is 11.9 Å². The molecule has 2 N–H and O–H groups in total. The number of fused-ring (bicyclic) bond motifs is 2. The first-order valence-electron chi connectivity index (χ1n) is 17.3. The summed E-state index contributed by atoms with van der Waals surface area (Å²) in [5.41, 5.74) is 5.88. The number of carbonyl (C=O) groups is 1. The van der Waals surface area contributed by atoms with Crippen LogP contribution in [0.4, 0.5) is 0 Å². The van der Waals surface area contributed by atoms with Crippen molar-refractivity contribution < 1.29 is 14.6 Å². The minimum absolute atomic E-state index is 0.0579. The summed E-state index contributed by atoms with van der Waals surface area (Å²) >= 11 is 0. The third-order valence-corrected chi connectivity index (χ3v) is 11.6. The fourth-order valence-electron chi connectivity index (χ4n) is 9.43. The highest BCUT2D eigenvalue weighted by Gasteiger charge is 2.56. The van der Waals surface area contributed by atoms with E-state index in [1.807, 2.05) is 0 Å². The van der Waals surface area contributed by atoms with Gasteiger partial charge in [0, 0.05) is 23.1 Å². The molecule has 2 heterocycles. The number of hydrogen-bond acceptors (Lipinski definition) is 3. The number of carboxylic acids is 1. The smallest absolute Gasteiger partial charge is 0.335 e. The molecule has 4 atom stereocenters. The Kier molecular flexibility index (Phi) is 9.29. The monoisotopic (exact) mass is 571 g/mol. The summed E-state index contributed by atoms with van der Waals surface area (Å²) in [7, 11) is 0. The van der Waals surface area contributed by atoms with Crippen molar-refractivity contribution in [1.29, 1.82) is 0 Å². The maximum atomic E-state index is 11.6. The summed E-state index contributed by atoms with van der Waals surface area (Å²) in [4.78, 5) is 11.6. The van der Waals surface area contributed by atoms with Gasteiger partial charge in [-0.25, -0.2) is 4.79 Å². The van der Waals surface area contributed by atoms with Gasteiger partial charge in [-0.05, 0) is 73.8 Å². The highest BCUT2D eigenvalue weighted by molar-refractivity contribution is 5.87. The normalized spacial score (nSPS) is 28.9. The van der Waals surface area contributed by atoms with E-state index in [0.29, 0.717) is 17.5 Å². The molecule has 1 spiro atoms. The molecule has 0 amide bonds. The van der Waals surface area contributed by atoms with Crippen molar-refractivity contribution in [3.8, 4) is 5.75 Å². The molecule has 4 heteroatoms. The van der Waals surface area contributed by atoms with Crippen LogP contribution in [0.2, 0.25) is 0 Å². The maximum Gasteiger partial charge on any atom is 0.335 e. The molecule has 2 aliphatic heterocycles. The van der Waals surface area contributed by atoms with Crippen LogP contribution in [0.1, 0.15) is 148 Å². The number of carboxylic acid groups (broad SMARTS) is 1. The molecule has 4 nitrogen and oxygen atoms in total. The second-order valence-electron chi connectivity index (χ2n) is 14.2. The molecular formula is C38H53NO3. The van der Waals surface area contributed by atoms with E-state index < -0.39 is 5.97 Å². The zero-order valence-electron chi connectivity index (χ0n) is 26.1. The first-order valence-corrected chi connectivity index (χ1v) is 17.3. The first-order chi connectivity index (χ1) is 20.5. The maximum absolute atomic E-state index is 11.6. The molecule has 3 fully saturated rings. The van der Waals surface area contributed by atoms with Crippen LogP contribution in [0.15, 0.2) is 36.4 Å². The molecule has 0 aromatic heterocycles. The Hall–Kier alpha value is -2.33. The van der Waals surface area contributed by atoms with E-state index >= 15 is 0 Å². The van der Waals surface area contributed by atoms with E-state index in [0.717, 1.165) is 12.3 Å². The predicted octanol–water partition coefficient (Wildman–Crippen LogP) is 9.60. The minimum atomic E-state index is -0.855. The zero-order valence-corrected chi connectivity index (χ0v) is 26.1. The number of hydrogen-bond donors (Lipinski definition) is 2. The molecule has 2 aromatic carbocycles. The molecule has 4 aliphatic rings. The standard InChI is InChI=1S/C38H53NO3/c1-26-17-18-27(2)35-33(26)38(23-13-9-4-3-5-10-14-24-38)36(42-35)34-31(28-15-11-7-6-8-12-16-28)25-32(39-34)29-19-21-30(22-20-29)37(40)41/h17-22,28,31-32,34,36,39H,3-16,23-25H2,1-2H3,(H,40,41). The van der Waals surface area contributed by atoms with Crippen molar-refractivity contribution >= 4 is 5.97 Å². The average Bonchev–Trinajstić information content (AvgIpc) is 3.55. The highest BCUT2D eigenvalue weighted by Crippen LogP contribution is 2.56. The largest absolute Gasteiger partial charge is 0.487 e. The second kappa shape index (κ2) is 13.1. The Morgan fingerprint density at radius 1 is 0.786 bits per heavy atom. The third kappa shape index (κ3) is 5.90. The van der Waals surface area contributed by atoms with Crippen molar-refractivity contribution in [3.05, 3.63) is 64.2 Å². The van der Waals surface area contributed by atoms with Gasteiger partial charge in [-0.15, -0.1) is 0 Å². The molecule has 2 saturated carbocycles. The van der Waals surface area contributed by atoms with Crippen LogP contribution in [-0.4, -0.2) is 23.2 Å². The van der Waals surface area contributed by atoms with Crippen LogP contribution < -0.4 is 10.1 Å². The fraction of sp³-hybridized carbons (Fsp3) is 0.658. The van der Waals surface area contributed by atoms with Gasteiger partial charge in [-0.3, -0.25) is 0 Å². The summed E-state index contributed by atoms with van der Waals surface area (Å²) in [5, 5.41) is 13.7. The Balaban J connectivity index is 1.40. The van der Waals surface area contributed by atoms with Crippen LogP contribution >= 0.6 is 0 Å². The molecule has 2 aliphatic carbocycles. The van der Waals surface area contributed by atoms with Crippen molar-refractivity contribution in [3.63, 3.8) is 0 Å². The molecule has 42 heavy (non-hydrogen) atoms. The number of ether oxygens (including phenoxy) is 1. The van der Waals surface area contributed by atoms with Crippen molar-refractivity contribution in [2.45, 2.75) is 147 Å². The lowest BCUT2D eigenvalue weighted by molar-refractivity contribution is 0.0594. The molecular weight excluding hydrogens is 518 g/mol. The Morgan fingerprint density at radius 3 is 1.98 bits per heavy atom. The van der Waals surface area contributed by atoms with Gasteiger partial charge >= 0.3 is 5.97 Å². The lowest BCUT2D eigenvalue weighted by Crippen LogP contribution is -2.53. The third-order valence-electron chi connectivity index (χ3n) is 11.6. The SMILES string of the molecule is Cc1ccc(C)c2c1OC(C1NC(c3ccc(C(=O)O)cc3)CC1C1CCCCCCC1)C21CCCCCCCCC1.